The third kappa shape index (κ3) is 6.66. The van der Waals surface area contributed by atoms with Gasteiger partial charge in [0, 0.05) is 29.5 Å². The number of rotatable bonds is 9. The number of ether oxygens (including phenoxy) is 1. The van der Waals surface area contributed by atoms with Crippen LogP contribution in [-0.4, -0.2) is 34.5 Å². The zero-order chi connectivity index (χ0) is 24.0. The Labute approximate surface area is 196 Å². The van der Waals surface area contributed by atoms with E-state index in [1.165, 1.54) is 18.2 Å². The van der Waals surface area contributed by atoms with Gasteiger partial charge in [-0.05, 0) is 61.9 Å². The summed E-state index contributed by atoms with van der Waals surface area (Å²) >= 11 is 5.94. The molecule has 33 heavy (non-hydrogen) atoms. The number of benzene rings is 2. The smallest absolute Gasteiger partial charge is 0.326 e. The number of nitrogens with zero attached hydrogens (tertiary/aromatic N) is 1. The summed E-state index contributed by atoms with van der Waals surface area (Å²) in [6.45, 7) is 0.600. The van der Waals surface area contributed by atoms with E-state index < -0.39 is 16.9 Å². The molecule has 2 aromatic rings. The molecular formula is C23H26ClN3O6. The van der Waals surface area contributed by atoms with Crippen LogP contribution < -0.4 is 15.8 Å². The Morgan fingerprint density at radius 3 is 2.58 bits per heavy atom. The van der Waals surface area contributed by atoms with Crippen molar-refractivity contribution in [1.82, 2.24) is 5.32 Å². The van der Waals surface area contributed by atoms with Crippen LogP contribution in [0.2, 0.25) is 5.02 Å². The van der Waals surface area contributed by atoms with Crippen molar-refractivity contribution in [2.75, 3.05) is 6.54 Å². The number of carbonyl (C=O) groups excluding carboxylic acids is 1. The second-order valence-corrected chi connectivity index (χ2v) is 8.61. The molecule has 0 heterocycles. The number of amides is 1. The standard InChI is InChI=1S/C23H26ClN3O6/c24-17-8-9-20(27(31)32)21(12-17)33-18-3-1-2-15(10-18)11-19(23(29)30)26-22(28)16-6-4-14(13-25)5-7-16/h1-3,8-10,12,14,16,19H,4-7,11,13,25H2,(H,26,28)(H,29,30). The molecule has 176 valence electrons. The van der Waals surface area contributed by atoms with E-state index in [0.717, 1.165) is 12.8 Å². The Bertz CT molecular complexity index is 1020. The van der Waals surface area contributed by atoms with E-state index >= 15 is 0 Å². The van der Waals surface area contributed by atoms with Crippen LogP contribution in [0.1, 0.15) is 31.2 Å². The normalized spacial score (nSPS) is 18.8. The first-order valence-corrected chi connectivity index (χ1v) is 11.1. The van der Waals surface area contributed by atoms with Crippen LogP contribution in [0.15, 0.2) is 42.5 Å². The van der Waals surface area contributed by atoms with Crippen LogP contribution in [0.5, 0.6) is 11.5 Å². The molecule has 0 saturated heterocycles. The van der Waals surface area contributed by atoms with Gasteiger partial charge in [-0.3, -0.25) is 14.9 Å². The molecule has 0 spiro atoms. The molecule has 9 nitrogen and oxygen atoms in total. The fourth-order valence-corrected chi connectivity index (χ4v) is 4.13. The second-order valence-electron chi connectivity index (χ2n) is 8.18. The quantitative estimate of drug-likeness (QED) is 0.368. The summed E-state index contributed by atoms with van der Waals surface area (Å²) in [5, 5.41) is 23.8. The number of nitro groups is 1. The van der Waals surface area contributed by atoms with E-state index in [2.05, 4.69) is 5.32 Å². The predicted molar refractivity (Wildman–Crippen MR) is 122 cm³/mol. The lowest BCUT2D eigenvalue weighted by Gasteiger charge is -2.27. The van der Waals surface area contributed by atoms with Gasteiger partial charge in [-0.25, -0.2) is 4.79 Å². The van der Waals surface area contributed by atoms with Gasteiger partial charge in [-0.15, -0.1) is 0 Å². The van der Waals surface area contributed by atoms with Crippen LogP contribution in [0.25, 0.3) is 0 Å². The summed E-state index contributed by atoms with van der Waals surface area (Å²) in [6.07, 6.45) is 3.15. The van der Waals surface area contributed by atoms with Crippen LogP contribution in [0.3, 0.4) is 0 Å². The Morgan fingerprint density at radius 1 is 1.21 bits per heavy atom. The van der Waals surface area contributed by atoms with Gasteiger partial charge in [0.25, 0.3) is 0 Å². The summed E-state index contributed by atoms with van der Waals surface area (Å²) in [5.41, 5.74) is 6.04. The fraction of sp³-hybridized carbons (Fsp3) is 0.391. The van der Waals surface area contributed by atoms with Crippen molar-refractivity contribution >= 4 is 29.2 Å². The van der Waals surface area contributed by atoms with Crippen molar-refractivity contribution in [1.29, 1.82) is 0 Å². The summed E-state index contributed by atoms with van der Waals surface area (Å²) in [7, 11) is 0. The first-order chi connectivity index (χ1) is 15.8. The number of nitrogens with two attached hydrogens (primary N) is 1. The summed E-state index contributed by atoms with van der Waals surface area (Å²) in [4.78, 5) is 35.1. The van der Waals surface area contributed by atoms with Crippen LogP contribution in [0, 0.1) is 22.0 Å². The lowest BCUT2D eigenvalue weighted by atomic mass is 9.81. The zero-order valence-corrected chi connectivity index (χ0v) is 18.7. The van der Waals surface area contributed by atoms with Crippen molar-refractivity contribution in [3.05, 3.63) is 63.2 Å². The van der Waals surface area contributed by atoms with Gasteiger partial charge in [-0.2, -0.15) is 0 Å². The number of aliphatic carboxylic acids is 1. The molecule has 10 heteroatoms. The molecule has 1 fully saturated rings. The number of carboxylic acid groups (broad SMARTS) is 1. The van der Waals surface area contributed by atoms with E-state index in [4.69, 9.17) is 22.1 Å². The van der Waals surface area contributed by atoms with Gasteiger partial charge < -0.3 is 20.9 Å². The number of carboxylic acids is 1. The van der Waals surface area contributed by atoms with Gasteiger partial charge in [0.15, 0.2) is 0 Å². The van der Waals surface area contributed by atoms with Crippen molar-refractivity contribution in [2.24, 2.45) is 17.6 Å². The van der Waals surface area contributed by atoms with E-state index in [1.807, 2.05) is 0 Å². The maximum Gasteiger partial charge on any atom is 0.326 e. The molecule has 1 saturated carbocycles. The number of halogens is 1. The number of nitrogens with one attached hydrogen (secondary N) is 1. The van der Waals surface area contributed by atoms with E-state index in [9.17, 15) is 24.8 Å². The minimum atomic E-state index is -1.14. The Balaban J connectivity index is 1.69. The third-order valence-corrected chi connectivity index (χ3v) is 6.09. The molecule has 0 bridgehead atoms. The van der Waals surface area contributed by atoms with Crippen LogP contribution in [-0.2, 0) is 16.0 Å². The lowest BCUT2D eigenvalue weighted by Crippen LogP contribution is -2.45. The molecule has 2 aromatic carbocycles. The highest BCUT2D eigenvalue weighted by Gasteiger charge is 2.29. The molecule has 0 radical (unpaired) electrons. The molecule has 1 aliphatic carbocycles. The van der Waals surface area contributed by atoms with Gasteiger partial charge in [0.1, 0.15) is 11.8 Å². The van der Waals surface area contributed by atoms with Crippen LogP contribution >= 0.6 is 11.6 Å². The maximum atomic E-state index is 12.6. The largest absolute Gasteiger partial charge is 0.480 e. The van der Waals surface area contributed by atoms with E-state index in [-0.39, 0.29) is 40.5 Å². The van der Waals surface area contributed by atoms with Crippen molar-refractivity contribution in [3.8, 4) is 11.5 Å². The number of nitro benzene ring substituents is 1. The van der Waals surface area contributed by atoms with Gasteiger partial charge in [0.05, 0.1) is 4.92 Å². The maximum absolute atomic E-state index is 12.6. The van der Waals surface area contributed by atoms with Gasteiger partial charge in [0.2, 0.25) is 11.7 Å². The first kappa shape index (κ1) is 24.5. The minimum absolute atomic E-state index is 0.0270. The van der Waals surface area contributed by atoms with Crippen LogP contribution in [0.4, 0.5) is 5.69 Å². The number of hydrogen-bond donors (Lipinski definition) is 3. The monoisotopic (exact) mass is 475 g/mol. The molecule has 0 aliphatic heterocycles. The SMILES string of the molecule is NCC1CCC(C(=O)NC(Cc2cccc(Oc3cc(Cl)ccc3[N+](=O)[O-])c2)C(=O)O)CC1. The highest BCUT2D eigenvalue weighted by Crippen LogP contribution is 2.34. The molecule has 1 unspecified atom stereocenters. The van der Waals surface area contributed by atoms with Gasteiger partial charge >= 0.3 is 11.7 Å². The molecule has 1 atom stereocenters. The third-order valence-electron chi connectivity index (χ3n) is 5.85. The average molecular weight is 476 g/mol. The van der Waals surface area contributed by atoms with Crippen molar-refractivity contribution in [2.45, 2.75) is 38.1 Å². The second kappa shape index (κ2) is 11.1. The topological polar surface area (TPSA) is 145 Å². The Morgan fingerprint density at radius 2 is 1.94 bits per heavy atom. The highest BCUT2D eigenvalue weighted by atomic mass is 35.5. The Hall–Kier alpha value is -3.17. The zero-order valence-electron chi connectivity index (χ0n) is 17.9. The van der Waals surface area contributed by atoms with Crippen molar-refractivity contribution in [3.63, 3.8) is 0 Å². The first-order valence-electron chi connectivity index (χ1n) is 10.7. The number of hydrogen-bond acceptors (Lipinski definition) is 6. The molecule has 3 rings (SSSR count). The van der Waals surface area contributed by atoms with E-state index in [1.54, 1.807) is 24.3 Å². The summed E-state index contributed by atoms with van der Waals surface area (Å²) < 4.78 is 5.66. The highest BCUT2D eigenvalue weighted by molar-refractivity contribution is 6.30. The molecule has 1 amide bonds. The summed E-state index contributed by atoms with van der Waals surface area (Å²) in [6, 6.07) is 9.40. The molecular weight excluding hydrogens is 450 g/mol. The predicted octanol–water partition coefficient (Wildman–Crippen LogP) is 3.92. The Kier molecular flexibility index (Phi) is 8.24. The molecule has 0 aromatic heterocycles. The minimum Gasteiger partial charge on any atom is -0.480 e. The lowest BCUT2D eigenvalue weighted by molar-refractivity contribution is -0.385. The van der Waals surface area contributed by atoms with E-state index in [0.29, 0.717) is 30.9 Å². The molecule has 1 aliphatic rings. The fourth-order valence-electron chi connectivity index (χ4n) is 3.97. The summed E-state index contributed by atoms with van der Waals surface area (Å²) in [5.74, 6) is -0.944. The number of carbonyl (C=O) groups is 2. The van der Waals surface area contributed by atoms with Gasteiger partial charge in [-0.1, -0.05) is 23.7 Å². The van der Waals surface area contributed by atoms with Crippen molar-refractivity contribution < 1.29 is 24.4 Å². The molecule has 4 N–H and O–H groups in total. The average Bonchev–Trinajstić information content (AvgIpc) is 2.78.